The second-order valence-electron chi connectivity index (χ2n) is 4.17. The average Bonchev–Trinajstić information content (AvgIpc) is 2.67. The Kier molecular flexibility index (Phi) is 4.43. The lowest BCUT2D eigenvalue weighted by Crippen LogP contribution is -2.36. The summed E-state index contributed by atoms with van der Waals surface area (Å²) in [4.78, 5) is 2.48. The van der Waals surface area contributed by atoms with Crippen molar-refractivity contribution in [2.24, 2.45) is 0 Å². The molecule has 1 unspecified atom stereocenters. The van der Waals surface area contributed by atoms with Gasteiger partial charge in [-0.2, -0.15) is 0 Å². The van der Waals surface area contributed by atoms with Crippen molar-refractivity contribution in [1.82, 2.24) is 15.1 Å². The second-order valence-corrected chi connectivity index (χ2v) is 6.52. The van der Waals surface area contributed by atoms with E-state index in [1.165, 1.54) is 43.6 Å². The summed E-state index contributed by atoms with van der Waals surface area (Å²) in [6.45, 7) is 1.25. The highest BCUT2D eigenvalue weighted by atomic mass is 32.2. The van der Waals surface area contributed by atoms with Gasteiger partial charge < -0.3 is 10.6 Å². The summed E-state index contributed by atoms with van der Waals surface area (Å²) in [5, 5.41) is 8.39. The quantitative estimate of drug-likeness (QED) is 0.838. The lowest BCUT2D eigenvalue weighted by Gasteiger charge is -2.32. The Morgan fingerprint density at radius 3 is 3.06 bits per heavy atom. The van der Waals surface area contributed by atoms with E-state index in [0.717, 1.165) is 16.1 Å². The van der Waals surface area contributed by atoms with Crippen LogP contribution < -0.4 is 5.73 Å². The number of hydrogen-bond donors (Lipinski definition) is 1. The molecule has 6 heteroatoms. The van der Waals surface area contributed by atoms with Gasteiger partial charge in [-0.25, -0.2) is 0 Å². The molecule has 1 atom stereocenters. The molecule has 1 aromatic heterocycles. The summed E-state index contributed by atoms with van der Waals surface area (Å²) in [7, 11) is 2.23. The summed E-state index contributed by atoms with van der Waals surface area (Å²) in [6.07, 6.45) is 5.31. The van der Waals surface area contributed by atoms with E-state index < -0.39 is 0 Å². The molecule has 4 nitrogen and oxygen atoms in total. The first-order valence-corrected chi connectivity index (χ1v) is 7.48. The minimum atomic E-state index is 0.567. The molecule has 1 aliphatic rings. The van der Waals surface area contributed by atoms with Crippen LogP contribution in [-0.4, -0.2) is 40.5 Å². The van der Waals surface area contributed by atoms with Crippen LogP contribution >= 0.6 is 23.1 Å². The normalized spacial score (nSPS) is 22.4. The molecule has 0 radical (unpaired) electrons. The first kappa shape index (κ1) is 12.1. The number of hydrogen-bond acceptors (Lipinski definition) is 6. The Morgan fingerprint density at radius 1 is 1.50 bits per heavy atom. The number of nitrogens with zero attached hydrogens (tertiary/aromatic N) is 3. The molecule has 0 saturated carbocycles. The van der Waals surface area contributed by atoms with Gasteiger partial charge in [-0.3, -0.25) is 0 Å². The molecule has 1 aromatic rings. The van der Waals surface area contributed by atoms with Crippen LogP contribution in [0, 0.1) is 0 Å². The van der Waals surface area contributed by atoms with Crippen molar-refractivity contribution in [3.63, 3.8) is 0 Å². The van der Waals surface area contributed by atoms with Gasteiger partial charge in [0.1, 0.15) is 0 Å². The van der Waals surface area contributed by atoms with Gasteiger partial charge in [-0.1, -0.05) is 29.5 Å². The average molecular weight is 258 g/mol. The first-order chi connectivity index (χ1) is 7.75. The molecule has 90 valence electrons. The fourth-order valence-corrected chi connectivity index (χ4v) is 3.82. The Balaban J connectivity index is 1.71. The van der Waals surface area contributed by atoms with Gasteiger partial charge in [-0.15, -0.1) is 10.2 Å². The SMILES string of the molecule is CN1CCCCC1CCSc1nnc(N)s1. The number of thioether (sulfide) groups is 1. The van der Waals surface area contributed by atoms with Crippen molar-refractivity contribution < 1.29 is 0 Å². The van der Waals surface area contributed by atoms with E-state index in [4.69, 9.17) is 5.73 Å². The number of nitrogens with two attached hydrogens (primary N) is 1. The van der Waals surface area contributed by atoms with Gasteiger partial charge in [0.15, 0.2) is 4.34 Å². The van der Waals surface area contributed by atoms with Gasteiger partial charge in [0, 0.05) is 11.8 Å². The molecular formula is C10H18N4S2. The molecule has 2 N–H and O–H groups in total. The van der Waals surface area contributed by atoms with Crippen molar-refractivity contribution in [3.8, 4) is 0 Å². The highest BCUT2D eigenvalue weighted by Gasteiger charge is 2.18. The topological polar surface area (TPSA) is 55.0 Å². The Bertz CT molecular complexity index is 328. The van der Waals surface area contributed by atoms with Gasteiger partial charge >= 0.3 is 0 Å². The van der Waals surface area contributed by atoms with Crippen molar-refractivity contribution in [2.45, 2.75) is 36.1 Å². The van der Waals surface area contributed by atoms with Crippen LogP contribution in [0.5, 0.6) is 0 Å². The van der Waals surface area contributed by atoms with Crippen molar-refractivity contribution >= 4 is 28.2 Å². The van der Waals surface area contributed by atoms with Crippen LogP contribution in [0.2, 0.25) is 0 Å². The summed E-state index contributed by atoms with van der Waals surface area (Å²) < 4.78 is 0.996. The van der Waals surface area contributed by atoms with Crippen molar-refractivity contribution in [1.29, 1.82) is 0 Å². The monoisotopic (exact) mass is 258 g/mol. The Labute approximate surface area is 105 Å². The number of aromatic nitrogens is 2. The third-order valence-electron chi connectivity index (χ3n) is 3.02. The van der Waals surface area contributed by atoms with Crippen LogP contribution in [0.15, 0.2) is 4.34 Å². The summed E-state index contributed by atoms with van der Waals surface area (Å²) >= 11 is 3.26. The molecule has 0 spiro atoms. The zero-order valence-electron chi connectivity index (χ0n) is 9.56. The van der Waals surface area contributed by atoms with Crippen LogP contribution in [0.1, 0.15) is 25.7 Å². The van der Waals surface area contributed by atoms with Gasteiger partial charge in [-0.05, 0) is 32.9 Å². The number of piperidine rings is 1. The van der Waals surface area contributed by atoms with E-state index in [-0.39, 0.29) is 0 Å². The maximum absolute atomic E-state index is 5.54. The lowest BCUT2D eigenvalue weighted by molar-refractivity contribution is 0.182. The Hall–Kier alpha value is -0.330. The molecule has 0 amide bonds. The largest absolute Gasteiger partial charge is 0.374 e. The minimum absolute atomic E-state index is 0.567. The number of rotatable bonds is 4. The predicted octanol–water partition coefficient (Wildman–Crippen LogP) is 2.09. The molecule has 0 aromatic carbocycles. The Morgan fingerprint density at radius 2 is 2.38 bits per heavy atom. The standard InChI is InChI=1S/C10H18N4S2/c1-14-6-3-2-4-8(14)5-7-15-10-13-12-9(11)16-10/h8H,2-7H2,1H3,(H2,11,12). The zero-order valence-corrected chi connectivity index (χ0v) is 11.2. The molecule has 0 bridgehead atoms. The van der Waals surface area contributed by atoms with Crippen LogP contribution in [0.3, 0.4) is 0 Å². The fraction of sp³-hybridized carbons (Fsp3) is 0.800. The van der Waals surface area contributed by atoms with E-state index in [2.05, 4.69) is 22.1 Å². The third kappa shape index (κ3) is 3.33. The second kappa shape index (κ2) is 5.84. The molecule has 2 heterocycles. The van der Waals surface area contributed by atoms with Crippen molar-refractivity contribution in [2.75, 3.05) is 25.1 Å². The van der Waals surface area contributed by atoms with Crippen molar-refractivity contribution in [3.05, 3.63) is 0 Å². The summed E-state index contributed by atoms with van der Waals surface area (Å²) in [5.41, 5.74) is 5.54. The first-order valence-electron chi connectivity index (χ1n) is 5.68. The van der Waals surface area contributed by atoms with E-state index >= 15 is 0 Å². The fourth-order valence-electron chi connectivity index (χ4n) is 2.07. The van der Waals surface area contributed by atoms with Gasteiger partial charge in [0.25, 0.3) is 0 Å². The van der Waals surface area contributed by atoms with E-state index in [0.29, 0.717) is 5.13 Å². The maximum atomic E-state index is 5.54. The van der Waals surface area contributed by atoms with Gasteiger partial charge in [0.05, 0.1) is 0 Å². The van der Waals surface area contributed by atoms with Crippen LogP contribution in [0.25, 0.3) is 0 Å². The maximum Gasteiger partial charge on any atom is 0.203 e. The summed E-state index contributed by atoms with van der Waals surface area (Å²) in [6, 6.07) is 0.756. The molecule has 1 fully saturated rings. The van der Waals surface area contributed by atoms with E-state index in [9.17, 15) is 0 Å². The molecule has 1 aliphatic heterocycles. The molecular weight excluding hydrogens is 240 g/mol. The number of likely N-dealkylation sites (tertiary alicyclic amines) is 1. The molecule has 16 heavy (non-hydrogen) atoms. The van der Waals surface area contributed by atoms with E-state index in [1.54, 1.807) is 11.8 Å². The molecule has 0 aliphatic carbocycles. The lowest BCUT2D eigenvalue weighted by atomic mass is 10.0. The van der Waals surface area contributed by atoms with Crippen LogP contribution in [-0.2, 0) is 0 Å². The molecule has 1 saturated heterocycles. The van der Waals surface area contributed by atoms with Crippen LogP contribution in [0.4, 0.5) is 5.13 Å². The minimum Gasteiger partial charge on any atom is -0.374 e. The number of nitrogen functional groups attached to an aromatic ring is 1. The highest BCUT2D eigenvalue weighted by molar-refractivity contribution is 8.01. The zero-order chi connectivity index (χ0) is 11.4. The predicted molar refractivity (Wildman–Crippen MR) is 69.9 cm³/mol. The smallest absolute Gasteiger partial charge is 0.203 e. The van der Waals surface area contributed by atoms with E-state index in [1.807, 2.05) is 0 Å². The third-order valence-corrected chi connectivity index (χ3v) is 4.94. The molecule has 2 rings (SSSR count). The number of anilines is 1. The summed E-state index contributed by atoms with van der Waals surface area (Å²) in [5.74, 6) is 1.11. The highest BCUT2D eigenvalue weighted by Crippen LogP contribution is 2.26. The van der Waals surface area contributed by atoms with Gasteiger partial charge in [0.2, 0.25) is 5.13 Å².